The molecule has 3 heterocycles. The van der Waals surface area contributed by atoms with E-state index in [2.05, 4.69) is 63.0 Å². The third-order valence-electron chi connectivity index (χ3n) is 9.30. The molecule has 0 aromatic heterocycles. The Kier molecular flexibility index (Phi) is 8.83. The highest BCUT2D eigenvalue weighted by molar-refractivity contribution is 7.95. The van der Waals surface area contributed by atoms with Crippen molar-refractivity contribution in [3.63, 3.8) is 0 Å². The van der Waals surface area contributed by atoms with Gasteiger partial charge in [-0.05, 0) is 65.7 Å². The summed E-state index contributed by atoms with van der Waals surface area (Å²) >= 11 is 0. The van der Waals surface area contributed by atoms with Crippen LogP contribution in [-0.4, -0.2) is 66.4 Å². The summed E-state index contributed by atoms with van der Waals surface area (Å²) in [5.74, 6) is 0.518. The largest absolute Gasteiger partial charge is 0.492 e. The van der Waals surface area contributed by atoms with E-state index in [1.807, 2.05) is 6.07 Å². The Morgan fingerprint density at radius 1 is 1.00 bits per heavy atom. The summed E-state index contributed by atoms with van der Waals surface area (Å²) in [5.41, 5.74) is 4.31. The van der Waals surface area contributed by atoms with Crippen LogP contribution >= 0.6 is 0 Å². The van der Waals surface area contributed by atoms with Crippen LogP contribution in [0.1, 0.15) is 55.9 Å². The number of hydrogen-bond donors (Lipinski definition) is 0. The zero-order chi connectivity index (χ0) is 30.3. The van der Waals surface area contributed by atoms with Gasteiger partial charge in [0.25, 0.3) is 0 Å². The molecule has 230 valence electrons. The Morgan fingerprint density at radius 2 is 1.64 bits per heavy atom. The van der Waals surface area contributed by atoms with E-state index in [-0.39, 0.29) is 28.2 Å². The molecule has 1 fully saturated rings. The lowest BCUT2D eigenvalue weighted by molar-refractivity contribution is 0.182. The zero-order valence-electron chi connectivity index (χ0n) is 25.4. The molecule has 0 unspecified atom stereocenters. The van der Waals surface area contributed by atoms with E-state index in [1.165, 1.54) is 16.5 Å². The Labute approximate surface area is 252 Å². The fraction of sp³-hybridized carbons (Fsp3) is 0.548. The van der Waals surface area contributed by atoms with Gasteiger partial charge in [0.2, 0.25) is 19.9 Å². The van der Waals surface area contributed by atoms with Gasteiger partial charge in [-0.1, -0.05) is 51.1 Å². The molecule has 42 heavy (non-hydrogen) atoms. The second-order valence-corrected chi connectivity index (χ2v) is 22.0. The second-order valence-electron chi connectivity index (χ2n) is 13.3. The van der Waals surface area contributed by atoms with Crippen LogP contribution in [0.3, 0.4) is 0 Å². The monoisotopic (exact) mass is 632 g/mol. The number of hydrogen-bond acceptors (Lipinski definition) is 7. The lowest BCUT2D eigenvalue weighted by Gasteiger charge is -2.36. The molecule has 0 radical (unpaired) electrons. The van der Waals surface area contributed by atoms with Crippen LogP contribution in [0.5, 0.6) is 5.75 Å². The van der Waals surface area contributed by atoms with E-state index >= 15 is 0 Å². The first-order chi connectivity index (χ1) is 19.7. The van der Waals surface area contributed by atoms with Gasteiger partial charge in [-0.25, -0.2) is 21.1 Å². The maximum atomic E-state index is 13.0. The lowest BCUT2D eigenvalue weighted by atomic mass is 9.99. The maximum Gasteiger partial charge on any atom is 0.216 e. The molecule has 1 saturated heterocycles. The first kappa shape index (κ1) is 31.4. The molecular weight excluding hydrogens is 589 g/mol. The van der Waals surface area contributed by atoms with Crippen molar-refractivity contribution in [3.05, 3.63) is 64.1 Å². The average Bonchev–Trinajstić information content (AvgIpc) is 3.47. The molecule has 8 nitrogen and oxygen atoms in total. The molecule has 0 atom stereocenters. The van der Waals surface area contributed by atoms with E-state index < -0.39 is 28.2 Å². The fourth-order valence-corrected chi connectivity index (χ4v) is 9.52. The highest BCUT2D eigenvalue weighted by atomic mass is 32.2. The third-order valence-corrected chi connectivity index (χ3v) is 17.2. The maximum absolute atomic E-state index is 13.0. The number of fused-ring (bicyclic) bond motifs is 2. The smallest absolute Gasteiger partial charge is 0.216 e. The van der Waals surface area contributed by atoms with Crippen LogP contribution < -0.4 is 4.74 Å². The summed E-state index contributed by atoms with van der Waals surface area (Å²) in [5, 5.41) is 1.30. The van der Waals surface area contributed by atoms with Gasteiger partial charge in [0.1, 0.15) is 10.6 Å². The molecule has 0 spiro atoms. The highest BCUT2D eigenvalue weighted by Crippen LogP contribution is 2.39. The van der Waals surface area contributed by atoms with Gasteiger partial charge < -0.3 is 9.16 Å². The van der Waals surface area contributed by atoms with Gasteiger partial charge in [0.15, 0.2) is 8.32 Å². The quantitative estimate of drug-likeness (QED) is 0.324. The van der Waals surface area contributed by atoms with Gasteiger partial charge in [0.05, 0.1) is 12.4 Å². The van der Waals surface area contributed by atoms with E-state index in [1.54, 1.807) is 16.4 Å². The molecule has 0 aliphatic carbocycles. The minimum Gasteiger partial charge on any atom is -0.492 e. The molecule has 0 amide bonds. The molecule has 3 aliphatic heterocycles. The summed E-state index contributed by atoms with van der Waals surface area (Å²) < 4.78 is 65.7. The SMILES string of the molecule is CC(C)(C)[Si](C)(C)OCCS(=O)(=O)N1CCC(COc2ccc(CN3Cc4ccccc4C3)c3c2S(=O)(=O)C=C3)CC1. The van der Waals surface area contributed by atoms with Crippen LogP contribution in [0.2, 0.25) is 18.1 Å². The summed E-state index contributed by atoms with van der Waals surface area (Å²) in [7, 11) is -8.98. The van der Waals surface area contributed by atoms with Gasteiger partial charge in [-0.15, -0.1) is 0 Å². The Hall–Kier alpha value is -2.02. The summed E-state index contributed by atoms with van der Waals surface area (Å²) in [6.45, 7) is 14.5. The molecular formula is C31H44N2O6S2Si. The molecule has 3 aliphatic rings. The van der Waals surface area contributed by atoms with E-state index in [9.17, 15) is 16.8 Å². The van der Waals surface area contributed by atoms with Crippen molar-refractivity contribution in [1.82, 2.24) is 9.21 Å². The van der Waals surface area contributed by atoms with Crippen molar-refractivity contribution < 1.29 is 26.0 Å². The van der Waals surface area contributed by atoms with Crippen molar-refractivity contribution in [3.8, 4) is 5.75 Å². The topological polar surface area (TPSA) is 93.2 Å². The third kappa shape index (κ3) is 6.71. The molecule has 0 saturated carbocycles. The van der Waals surface area contributed by atoms with Gasteiger partial charge in [-0.2, -0.15) is 0 Å². The Bertz CT molecular complexity index is 1530. The lowest BCUT2D eigenvalue weighted by Crippen LogP contribution is -2.44. The van der Waals surface area contributed by atoms with Crippen molar-refractivity contribution in [2.75, 3.05) is 32.1 Å². The first-order valence-corrected chi connectivity index (χ1v) is 20.9. The Balaban J connectivity index is 1.16. The minimum absolute atomic E-state index is 0.00641. The number of benzene rings is 2. The van der Waals surface area contributed by atoms with Crippen molar-refractivity contribution in [1.29, 1.82) is 0 Å². The molecule has 2 aromatic carbocycles. The predicted octanol–water partition coefficient (Wildman–Crippen LogP) is 5.40. The van der Waals surface area contributed by atoms with E-state index in [4.69, 9.17) is 9.16 Å². The molecule has 0 N–H and O–H groups in total. The number of sulfonamides is 1. The van der Waals surface area contributed by atoms with Crippen LogP contribution in [-0.2, 0) is 43.9 Å². The number of ether oxygens (including phenoxy) is 1. The number of nitrogens with zero attached hydrogens (tertiary/aromatic N) is 2. The minimum atomic E-state index is -3.58. The molecule has 0 bridgehead atoms. The fourth-order valence-electron chi connectivity index (χ4n) is 5.64. The van der Waals surface area contributed by atoms with Gasteiger partial charge in [0, 0.05) is 50.3 Å². The van der Waals surface area contributed by atoms with Crippen LogP contribution in [0, 0.1) is 5.92 Å². The van der Waals surface area contributed by atoms with Gasteiger partial charge >= 0.3 is 0 Å². The summed E-state index contributed by atoms with van der Waals surface area (Å²) in [4.78, 5) is 2.57. The van der Waals surface area contributed by atoms with Crippen LogP contribution in [0.4, 0.5) is 0 Å². The normalized spacial score (nSPS) is 19.6. The summed E-state index contributed by atoms with van der Waals surface area (Å²) in [6, 6.07) is 12.1. The van der Waals surface area contributed by atoms with E-state index in [0.29, 0.717) is 50.4 Å². The van der Waals surface area contributed by atoms with Crippen molar-refractivity contribution >= 4 is 34.3 Å². The second kappa shape index (κ2) is 11.8. The number of piperidine rings is 1. The van der Waals surface area contributed by atoms with Crippen molar-refractivity contribution in [2.24, 2.45) is 5.92 Å². The van der Waals surface area contributed by atoms with E-state index in [0.717, 1.165) is 18.7 Å². The van der Waals surface area contributed by atoms with Crippen LogP contribution in [0.15, 0.2) is 46.7 Å². The zero-order valence-corrected chi connectivity index (χ0v) is 28.1. The molecule has 2 aromatic rings. The standard InChI is InChI=1S/C31H44N2O6S2Si/c1-31(2,3)42(4,5)39-17-19-41(36,37)33-15-12-24(13-16-33)23-38-29-11-10-27(28-14-18-40(34,35)30(28)29)22-32-20-25-8-6-7-9-26(25)21-32/h6-11,14,18,24H,12-13,15-17,19-23H2,1-5H3. The predicted molar refractivity (Wildman–Crippen MR) is 169 cm³/mol. The highest BCUT2D eigenvalue weighted by Gasteiger charge is 2.38. The summed E-state index contributed by atoms with van der Waals surface area (Å²) in [6.07, 6.45) is 3.03. The Morgan fingerprint density at radius 3 is 2.26 bits per heavy atom. The average molecular weight is 633 g/mol. The van der Waals surface area contributed by atoms with Crippen LogP contribution in [0.25, 0.3) is 6.08 Å². The molecule has 11 heteroatoms. The number of rotatable bonds is 10. The van der Waals surface area contributed by atoms with Gasteiger partial charge in [-0.3, -0.25) is 4.90 Å². The first-order valence-electron chi connectivity index (χ1n) is 14.8. The number of sulfone groups is 1. The molecule has 5 rings (SSSR count). The van der Waals surface area contributed by atoms with Crippen molar-refractivity contribution in [2.45, 2.75) is 76.3 Å².